The fraction of sp³-hybridized carbons (Fsp3) is 0.100. The van der Waals surface area contributed by atoms with E-state index in [2.05, 4.69) is 0 Å². The first-order valence-corrected chi connectivity index (χ1v) is 3.97. The molecule has 66 valence electrons. The maximum absolute atomic E-state index is 11.1. The van der Waals surface area contributed by atoms with Crippen LogP contribution in [-0.2, 0) is 0 Å². The molecule has 0 fully saturated rings. The lowest BCUT2D eigenvalue weighted by molar-refractivity contribution is -0.604. The van der Waals surface area contributed by atoms with E-state index in [1.165, 1.54) is 12.4 Å². The molecule has 0 atom stereocenters. The van der Waals surface area contributed by atoms with Gasteiger partial charge in [-0.25, -0.2) is 0 Å². The van der Waals surface area contributed by atoms with Crippen LogP contribution < -0.4 is 9.47 Å². The number of rotatable bonds is 1. The van der Waals surface area contributed by atoms with E-state index < -0.39 is 0 Å². The van der Waals surface area contributed by atoms with Crippen LogP contribution in [0.4, 0.5) is 0 Å². The van der Waals surface area contributed by atoms with Gasteiger partial charge in [0.25, 0.3) is 0 Å². The molecule has 1 heterocycles. The summed E-state index contributed by atoms with van der Waals surface area (Å²) >= 11 is 0. The first kappa shape index (κ1) is 7.86. The summed E-state index contributed by atoms with van der Waals surface area (Å²) < 4.78 is 5.84. The van der Waals surface area contributed by atoms with E-state index in [0.29, 0.717) is 5.75 Å². The monoisotopic (exact) mass is 175 g/mol. The molecule has 1 aromatic carbocycles. The third-order valence-electron chi connectivity index (χ3n) is 1.96. The molecule has 0 unspecified atom stereocenters. The van der Waals surface area contributed by atoms with Crippen molar-refractivity contribution in [3.05, 3.63) is 41.9 Å². The Hall–Kier alpha value is -1.77. The Labute approximate surface area is 75.8 Å². The van der Waals surface area contributed by atoms with Gasteiger partial charge in [-0.15, -0.1) is 0 Å². The quantitative estimate of drug-likeness (QED) is 0.486. The number of fused-ring (bicyclic) bond motifs is 1. The molecule has 0 aliphatic rings. The number of methoxy groups -OCH3 is 1. The molecule has 2 aromatic rings. The van der Waals surface area contributed by atoms with Crippen molar-refractivity contribution in [2.75, 3.05) is 7.11 Å². The van der Waals surface area contributed by atoms with E-state index >= 15 is 0 Å². The Balaban J connectivity index is 2.81. The first-order valence-electron chi connectivity index (χ1n) is 3.97. The number of aromatic nitrogens is 1. The van der Waals surface area contributed by atoms with E-state index in [0.717, 1.165) is 15.5 Å². The van der Waals surface area contributed by atoms with Crippen molar-refractivity contribution in [2.24, 2.45) is 0 Å². The van der Waals surface area contributed by atoms with E-state index in [-0.39, 0.29) is 0 Å². The van der Waals surface area contributed by atoms with E-state index in [9.17, 15) is 5.21 Å². The van der Waals surface area contributed by atoms with Crippen LogP contribution in [0.1, 0.15) is 0 Å². The van der Waals surface area contributed by atoms with Gasteiger partial charge in [0.15, 0.2) is 11.9 Å². The lowest BCUT2D eigenvalue weighted by atomic mass is 10.2. The van der Waals surface area contributed by atoms with Crippen LogP contribution in [0.25, 0.3) is 10.8 Å². The second-order valence-corrected chi connectivity index (χ2v) is 2.77. The van der Waals surface area contributed by atoms with Crippen molar-refractivity contribution >= 4 is 10.8 Å². The minimum Gasteiger partial charge on any atom is -0.619 e. The van der Waals surface area contributed by atoms with Crippen molar-refractivity contribution in [2.45, 2.75) is 0 Å². The number of hydrogen-bond acceptors (Lipinski definition) is 2. The summed E-state index contributed by atoms with van der Waals surface area (Å²) in [6.07, 6.45) is 2.94. The highest BCUT2D eigenvalue weighted by atomic mass is 16.5. The summed E-state index contributed by atoms with van der Waals surface area (Å²) in [6, 6.07) is 7.61. The average molecular weight is 175 g/mol. The summed E-state index contributed by atoms with van der Waals surface area (Å²) in [5.74, 6) is 0.605. The van der Waals surface area contributed by atoms with Crippen molar-refractivity contribution in [3.8, 4) is 5.75 Å². The summed E-state index contributed by atoms with van der Waals surface area (Å²) in [5, 5.41) is 12.9. The molecule has 0 N–H and O–H groups in total. The minimum absolute atomic E-state index is 0.605. The van der Waals surface area contributed by atoms with Gasteiger partial charge in [-0.3, -0.25) is 0 Å². The minimum atomic E-state index is 0.605. The van der Waals surface area contributed by atoms with Gasteiger partial charge in [-0.2, -0.15) is 4.73 Å². The van der Waals surface area contributed by atoms with Crippen molar-refractivity contribution < 1.29 is 9.47 Å². The lowest BCUT2D eigenvalue weighted by Crippen LogP contribution is -2.24. The van der Waals surface area contributed by atoms with Gasteiger partial charge in [0.05, 0.1) is 12.5 Å². The second kappa shape index (κ2) is 2.94. The highest BCUT2D eigenvalue weighted by Crippen LogP contribution is 2.22. The Morgan fingerprint density at radius 2 is 2.00 bits per heavy atom. The molecular weight excluding hydrogens is 166 g/mol. The van der Waals surface area contributed by atoms with Gasteiger partial charge in [0, 0.05) is 5.39 Å². The van der Waals surface area contributed by atoms with Crippen molar-refractivity contribution in [3.63, 3.8) is 0 Å². The predicted molar refractivity (Wildman–Crippen MR) is 49.5 cm³/mol. The van der Waals surface area contributed by atoms with Gasteiger partial charge in [0.1, 0.15) is 0 Å². The zero-order chi connectivity index (χ0) is 9.26. The molecule has 0 amide bonds. The largest absolute Gasteiger partial charge is 0.619 e. The van der Waals surface area contributed by atoms with E-state index in [1.54, 1.807) is 7.11 Å². The molecule has 0 aliphatic heterocycles. The van der Waals surface area contributed by atoms with Crippen LogP contribution in [0.15, 0.2) is 36.7 Å². The third-order valence-corrected chi connectivity index (χ3v) is 1.96. The molecule has 2 rings (SSSR count). The highest BCUT2D eigenvalue weighted by Gasteiger charge is 2.05. The zero-order valence-electron chi connectivity index (χ0n) is 7.23. The number of benzene rings is 1. The molecule has 3 heteroatoms. The maximum Gasteiger partial charge on any atom is 0.223 e. The lowest BCUT2D eigenvalue weighted by Gasteiger charge is -2.04. The average Bonchev–Trinajstić information content (AvgIpc) is 2.16. The highest BCUT2D eigenvalue weighted by molar-refractivity contribution is 5.86. The first-order chi connectivity index (χ1) is 6.31. The molecule has 13 heavy (non-hydrogen) atoms. The van der Waals surface area contributed by atoms with Crippen LogP contribution in [-0.4, -0.2) is 7.11 Å². The van der Waals surface area contributed by atoms with Crippen LogP contribution in [0, 0.1) is 5.21 Å². The summed E-state index contributed by atoms with van der Waals surface area (Å²) in [6.45, 7) is 0. The molecular formula is C10H9NO2. The molecule has 3 nitrogen and oxygen atoms in total. The maximum atomic E-state index is 11.1. The molecule has 0 saturated carbocycles. The number of nitrogens with zero attached hydrogens (tertiary/aromatic N) is 1. The molecule has 1 aromatic heterocycles. The van der Waals surface area contributed by atoms with Crippen LogP contribution >= 0.6 is 0 Å². The standard InChI is InChI=1S/C10H9NO2/c1-13-10-7-11(12)6-8-4-2-3-5-9(8)10/h2-7H,1H3. The fourth-order valence-electron chi connectivity index (χ4n) is 1.36. The Bertz CT molecular complexity index is 440. The van der Waals surface area contributed by atoms with Gasteiger partial charge in [-0.1, -0.05) is 18.2 Å². The smallest absolute Gasteiger partial charge is 0.223 e. The van der Waals surface area contributed by atoms with E-state index in [1.807, 2.05) is 24.3 Å². The second-order valence-electron chi connectivity index (χ2n) is 2.77. The van der Waals surface area contributed by atoms with Crippen LogP contribution in [0.5, 0.6) is 5.75 Å². The number of ether oxygens (including phenoxy) is 1. The summed E-state index contributed by atoms with van der Waals surface area (Å²) in [5.41, 5.74) is 0. The molecule has 0 aliphatic carbocycles. The Kier molecular flexibility index (Phi) is 1.77. The topological polar surface area (TPSA) is 36.2 Å². The predicted octanol–water partition coefficient (Wildman–Crippen LogP) is 1.48. The van der Waals surface area contributed by atoms with Crippen LogP contribution in [0.3, 0.4) is 0 Å². The fourth-order valence-corrected chi connectivity index (χ4v) is 1.36. The third kappa shape index (κ3) is 1.28. The van der Waals surface area contributed by atoms with Crippen molar-refractivity contribution in [1.29, 1.82) is 0 Å². The SMILES string of the molecule is COc1c[n+]([O-])cc2ccccc12. The summed E-state index contributed by atoms with van der Waals surface area (Å²) in [7, 11) is 1.56. The van der Waals surface area contributed by atoms with Gasteiger partial charge in [0.2, 0.25) is 6.20 Å². The number of hydrogen-bond donors (Lipinski definition) is 0. The van der Waals surface area contributed by atoms with Gasteiger partial charge >= 0.3 is 0 Å². The van der Waals surface area contributed by atoms with Gasteiger partial charge < -0.3 is 9.94 Å². The Morgan fingerprint density at radius 3 is 2.77 bits per heavy atom. The van der Waals surface area contributed by atoms with Crippen LogP contribution in [0.2, 0.25) is 0 Å². The van der Waals surface area contributed by atoms with Crippen molar-refractivity contribution in [1.82, 2.24) is 0 Å². The number of pyridine rings is 1. The normalized spacial score (nSPS) is 10.2. The van der Waals surface area contributed by atoms with E-state index in [4.69, 9.17) is 4.74 Å². The zero-order valence-corrected chi connectivity index (χ0v) is 7.23. The summed E-state index contributed by atoms with van der Waals surface area (Å²) in [4.78, 5) is 0. The molecule has 0 spiro atoms. The molecule has 0 bridgehead atoms. The Morgan fingerprint density at radius 1 is 1.23 bits per heavy atom. The van der Waals surface area contributed by atoms with Gasteiger partial charge in [-0.05, 0) is 6.07 Å². The molecule has 0 saturated heterocycles. The molecule has 0 radical (unpaired) electrons.